The molecule has 21 heavy (non-hydrogen) atoms. The minimum Gasteiger partial charge on any atom is -0.294 e. The molecule has 3 heterocycles. The van der Waals surface area contributed by atoms with Crippen LogP contribution in [-0.4, -0.2) is 20.7 Å². The van der Waals surface area contributed by atoms with Crippen molar-refractivity contribution in [3.05, 3.63) is 78.4 Å². The first-order valence-electron chi connectivity index (χ1n) is 6.62. The first-order valence-corrected chi connectivity index (χ1v) is 6.62. The number of hydrogen-bond acceptors (Lipinski definition) is 4. The lowest BCUT2D eigenvalue weighted by Crippen LogP contribution is -2.04. The van der Waals surface area contributed by atoms with Crippen molar-refractivity contribution >= 4 is 5.78 Å². The molecule has 0 aromatic carbocycles. The Hall–Kier alpha value is -2.88. The molecule has 0 aliphatic rings. The van der Waals surface area contributed by atoms with Crippen LogP contribution in [0.3, 0.4) is 0 Å². The van der Waals surface area contributed by atoms with Gasteiger partial charge in [-0.15, -0.1) is 0 Å². The van der Waals surface area contributed by atoms with Gasteiger partial charge in [0.15, 0.2) is 5.78 Å². The van der Waals surface area contributed by atoms with Gasteiger partial charge in [0.25, 0.3) is 0 Å². The smallest absolute Gasteiger partial charge is 0.167 e. The molecule has 0 aliphatic carbocycles. The number of ketones is 1. The minimum atomic E-state index is 0.0600. The van der Waals surface area contributed by atoms with Crippen molar-refractivity contribution in [3.8, 4) is 11.4 Å². The van der Waals surface area contributed by atoms with Gasteiger partial charge in [-0.25, -0.2) is 0 Å². The van der Waals surface area contributed by atoms with Crippen molar-refractivity contribution in [2.45, 2.75) is 6.42 Å². The average Bonchev–Trinajstić information content (AvgIpc) is 2.57. The Morgan fingerprint density at radius 3 is 2.33 bits per heavy atom. The predicted molar refractivity (Wildman–Crippen MR) is 79.7 cm³/mol. The molecule has 0 saturated carbocycles. The highest BCUT2D eigenvalue weighted by Gasteiger charge is 2.07. The highest BCUT2D eigenvalue weighted by Crippen LogP contribution is 2.14. The third-order valence-corrected chi connectivity index (χ3v) is 3.12. The van der Waals surface area contributed by atoms with Gasteiger partial charge in [-0.2, -0.15) is 0 Å². The molecule has 0 saturated heterocycles. The van der Waals surface area contributed by atoms with E-state index < -0.39 is 0 Å². The summed E-state index contributed by atoms with van der Waals surface area (Å²) >= 11 is 0. The molecular formula is C17H13N3O. The van der Waals surface area contributed by atoms with Crippen molar-refractivity contribution in [2.75, 3.05) is 0 Å². The van der Waals surface area contributed by atoms with E-state index in [1.807, 2.05) is 30.3 Å². The summed E-state index contributed by atoms with van der Waals surface area (Å²) in [5.41, 5.74) is 3.18. The first kappa shape index (κ1) is 13.1. The maximum atomic E-state index is 12.1. The molecule has 0 amide bonds. The minimum absolute atomic E-state index is 0.0600. The van der Waals surface area contributed by atoms with Gasteiger partial charge in [-0.1, -0.05) is 12.1 Å². The normalized spacial score (nSPS) is 10.3. The number of pyridine rings is 3. The van der Waals surface area contributed by atoms with Crippen LogP contribution in [0.15, 0.2) is 67.3 Å². The van der Waals surface area contributed by atoms with Gasteiger partial charge in [0.05, 0.1) is 11.4 Å². The van der Waals surface area contributed by atoms with Crippen LogP contribution in [0.5, 0.6) is 0 Å². The fourth-order valence-electron chi connectivity index (χ4n) is 2.02. The molecule has 0 spiro atoms. The van der Waals surface area contributed by atoms with Crippen LogP contribution >= 0.6 is 0 Å². The molecule has 102 valence electrons. The van der Waals surface area contributed by atoms with E-state index in [4.69, 9.17) is 0 Å². The topological polar surface area (TPSA) is 55.7 Å². The van der Waals surface area contributed by atoms with Crippen molar-refractivity contribution in [1.82, 2.24) is 15.0 Å². The Bertz CT molecular complexity index is 725. The third kappa shape index (κ3) is 3.17. The zero-order valence-electron chi connectivity index (χ0n) is 11.3. The van der Waals surface area contributed by atoms with E-state index in [1.54, 1.807) is 36.9 Å². The Balaban J connectivity index is 1.75. The van der Waals surface area contributed by atoms with Crippen LogP contribution in [0.4, 0.5) is 0 Å². The van der Waals surface area contributed by atoms with Crippen molar-refractivity contribution in [3.63, 3.8) is 0 Å². The van der Waals surface area contributed by atoms with Crippen molar-refractivity contribution in [2.24, 2.45) is 0 Å². The lowest BCUT2D eigenvalue weighted by atomic mass is 10.1. The second kappa shape index (κ2) is 6.05. The Labute approximate surface area is 122 Å². The van der Waals surface area contributed by atoms with Crippen LogP contribution in [-0.2, 0) is 6.42 Å². The van der Waals surface area contributed by atoms with Gasteiger partial charge in [-0.05, 0) is 35.9 Å². The predicted octanol–water partition coefficient (Wildman–Crippen LogP) is 2.96. The summed E-state index contributed by atoms with van der Waals surface area (Å²) in [6, 6.07) is 12.9. The van der Waals surface area contributed by atoms with Crippen LogP contribution < -0.4 is 0 Å². The average molecular weight is 275 g/mol. The van der Waals surface area contributed by atoms with Gasteiger partial charge < -0.3 is 0 Å². The fraction of sp³-hybridized carbons (Fsp3) is 0.0588. The standard InChI is InChI=1S/C17H13N3O/c21-17(14-6-9-18-10-7-14)11-13-4-5-16(20-12-13)15-3-1-2-8-19-15/h1-10,12H,11H2. The maximum absolute atomic E-state index is 12.1. The summed E-state index contributed by atoms with van der Waals surface area (Å²) in [6.45, 7) is 0. The molecule has 0 atom stereocenters. The number of nitrogens with zero attached hydrogens (tertiary/aromatic N) is 3. The molecule has 3 aromatic heterocycles. The van der Waals surface area contributed by atoms with E-state index >= 15 is 0 Å². The van der Waals surface area contributed by atoms with E-state index in [1.165, 1.54) is 0 Å². The number of hydrogen-bond donors (Lipinski definition) is 0. The molecule has 0 unspecified atom stereocenters. The molecule has 0 fully saturated rings. The second-order valence-electron chi connectivity index (χ2n) is 4.60. The van der Waals surface area contributed by atoms with E-state index in [9.17, 15) is 4.79 Å². The summed E-state index contributed by atoms with van der Waals surface area (Å²) in [5.74, 6) is 0.0600. The maximum Gasteiger partial charge on any atom is 0.167 e. The van der Waals surface area contributed by atoms with E-state index in [-0.39, 0.29) is 5.78 Å². The lowest BCUT2D eigenvalue weighted by Gasteiger charge is -2.03. The highest BCUT2D eigenvalue weighted by molar-refractivity contribution is 5.97. The van der Waals surface area contributed by atoms with E-state index in [0.717, 1.165) is 17.0 Å². The Kier molecular flexibility index (Phi) is 3.78. The van der Waals surface area contributed by atoms with Crippen molar-refractivity contribution < 1.29 is 4.79 Å². The van der Waals surface area contributed by atoms with Crippen LogP contribution in [0, 0.1) is 0 Å². The quantitative estimate of drug-likeness (QED) is 0.687. The number of rotatable bonds is 4. The van der Waals surface area contributed by atoms with Gasteiger partial charge in [0, 0.05) is 36.8 Å². The third-order valence-electron chi connectivity index (χ3n) is 3.12. The molecular weight excluding hydrogens is 262 g/mol. The first-order chi connectivity index (χ1) is 10.3. The Morgan fingerprint density at radius 2 is 1.67 bits per heavy atom. The number of carbonyl (C=O) groups excluding carboxylic acids is 1. The summed E-state index contributed by atoms with van der Waals surface area (Å²) in [7, 11) is 0. The fourth-order valence-corrected chi connectivity index (χ4v) is 2.02. The molecule has 4 nitrogen and oxygen atoms in total. The van der Waals surface area contributed by atoms with E-state index in [0.29, 0.717) is 12.0 Å². The number of carbonyl (C=O) groups is 1. The van der Waals surface area contributed by atoms with E-state index in [2.05, 4.69) is 15.0 Å². The summed E-state index contributed by atoms with van der Waals surface area (Å²) < 4.78 is 0. The lowest BCUT2D eigenvalue weighted by molar-refractivity contribution is 0.0993. The molecule has 0 bridgehead atoms. The summed E-state index contributed by atoms with van der Waals surface area (Å²) in [6.07, 6.45) is 7.03. The molecule has 0 aliphatic heterocycles. The van der Waals surface area contributed by atoms with Crippen LogP contribution in [0.1, 0.15) is 15.9 Å². The van der Waals surface area contributed by atoms with Crippen LogP contribution in [0.25, 0.3) is 11.4 Å². The van der Waals surface area contributed by atoms with Gasteiger partial charge >= 0.3 is 0 Å². The molecule has 3 rings (SSSR count). The zero-order chi connectivity index (χ0) is 14.5. The SMILES string of the molecule is O=C(Cc1ccc(-c2ccccn2)nc1)c1ccncc1. The Morgan fingerprint density at radius 1 is 0.857 bits per heavy atom. The number of aromatic nitrogens is 3. The highest BCUT2D eigenvalue weighted by atomic mass is 16.1. The van der Waals surface area contributed by atoms with Crippen molar-refractivity contribution in [1.29, 1.82) is 0 Å². The molecule has 4 heteroatoms. The van der Waals surface area contributed by atoms with Gasteiger partial charge in [0.2, 0.25) is 0 Å². The molecule has 0 radical (unpaired) electrons. The van der Waals surface area contributed by atoms with Crippen LogP contribution in [0.2, 0.25) is 0 Å². The number of Topliss-reactive ketones (excluding diaryl/α,β-unsaturated/α-hetero) is 1. The second-order valence-corrected chi connectivity index (χ2v) is 4.60. The molecule has 3 aromatic rings. The van der Waals surface area contributed by atoms with Gasteiger partial charge in [-0.3, -0.25) is 19.7 Å². The van der Waals surface area contributed by atoms with Gasteiger partial charge in [0.1, 0.15) is 0 Å². The zero-order valence-corrected chi connectivity index (χ0v) is 11.3. The molecule has 0 N–H and O–H groups in total. The summed E-state index contributed by atoms with van der Waals surface area (Å²) in [4.78, 5) is 24.6. The largest absolute Gasteiger partial charge is 0.294 e. The monoisotopic (exact) mass is 275 g/mol. The summed E-state index contributed by atoms with van der Waals surface area (Å²) in [5, 5.41) is 0.